The Morgan fingerprint density at radius 3 is 2.43 bits per heavy atom. The van der Waals surface area contributed by atoms with Crippen molar-refractivity contribution in [1.82, 2.24) is 15.0 Å². The molecule has 0 amide bonds. The van der Waals surface area contributed by atoms with E-state index < -0.39 is 0 Å². The molecule has 0 saturated carbocycles. The van der Waals surface area contributed by atoms with Gasteiger partial charge in [-0.15, -0.1) is 0 Å². The van der Waals surface area contributed by atoms with E-state index in [0.29, 0.717) is 16.7 Å². The Morgan fingerprint density at radius 2 is 1.71 bits per heavy atom. The first-order chi connectivity index (χ1) is 10.1. The molecule has 6 heteroatoms. The summed E-state index contributed by atoms with van der Waals surface area (Å²) < 4.78 is 1.68. The summed E-state index contributed by atoms with van der Waals surface area (Å²) in [4.78, 5) is 13.2. The smallest absolute Gasteiger partial charge is 0.181 e. The number of halogens is 3. The summed E-state index contributed by atoms with van der Waals surface area (Å²) in [5.74, 6) is 0.487. The van der Waals surface area contributed by atoms with Gasteiger partial charge in [-0.25, -0.2) is 9.97 Å². The molecule has 0 radical (unpaired) electrons. The summed E-state index contributed by atoms with van der Waals surface area (Å²) in [6.45, 7) is 0. The van der Waals surface area contributed by atoms with Gasteiger partial charge in [0.25, 0.3) is 0 Å². The molecule has 0 aliphatic rings. The molecule has 3 aromatic rings. The number of aromatic nitrogens is 3. The number of nitrogens with zero attached hydrogens (tertiary/aromatic N) is 3. The maximum absolute atomic E-state index is 6.13. The van der Waals surface area contributed by atoms with Crippen LogP contribution in [0.4, 0.5) is 0 Å². The van der Waals surface area contributed by atoms with Gasteiger partial charge in [0, 0.05) is 26.8 Å². The molecule has 0 bridgehead atoms. The normalized spacial score (nSPS) is 10.6. The zero-order chi connectivity index (χ0) is 14.8. The average molecular weight is 426 g/mol. The number of hydrogen-bond acceptors (Lipinski definition) is 3. The highest BCUT2D eigenvalue weighted by molar-refractivity contribution is 9.11. The minimum Gasteiger partial charge on any atom is -0.251 e. The third-order valence-electron chi connectivity index (χ3n) is 2.78. The van der Waals surface area contributed by atoms with Crippen molar-refractivity contribution in [1.29, 1.82) is 0 Å². The standard InChI is InChI=1S/C15H8Br2ClN3/c16-10-6-11(17)14(19-8-10)15-20-12(7-13(18)21-15)9-4-2-1-3-5-9/h1-8H. The Kier molecular flexibility index (Phi) is 4.33. The van der Waals surface area contributed by atoms with Gasteiger partial charge in [-0.3, -0.25) is 4.98 Å². The first kappa shape index (κ1) is 14.6. The molecule has 2 heterocycles. The van der Waals surface area contributed by atoms with Crippen molar-refractivity contribution in [3.8, 4) is 22.8 Å². The first-order valence-electron chi connectivity index (χ1n) is 6.05. The molecule has 2 aromatic heterocycles. The van der Waals surface area contributed by atoms with Crippen LogP contribution in [0.1, 0.15) is 0 Å². The lowest BCUT2D eigenvalue weighted by Gasteiger charge is -2.06. The van der Waals surface area contributed by atoms with Crippen LogP contribution >= 0.6 is 43.5 Å². The van der Waals surface area contributed by atoms with E-state index in [0.717, 1.165) is 20.2 Å². The van der Waals surface area contributed by atoms with Gasteiger partial charge in [0.15, 0.2) is 5.82 Å². The molecular weight excluding hydrogens is 417 g/mol. The summed E-state index contributed by atoms with van der Waals surface area (Å²) in [7, 11) is 0. The van der Waals surface area contributed by atoms with Crippen LogP contribution in [0, 0.1) is 0 Å². The number of pyridine rings is 1. The summed E-state index contributed by atoms with van der Waals surface area (Å²) in [5.41, 5.74) is 2.40. The van der Waals surface area contributed by atoms with E-state index in [2.05, 4.69) is 46.8 Å². The van der Waals surface area contributed by atoms with Crippen molar-refractivity contribution in [2.75, 3.05) is 0 Å². The van der Waals surface area contributed by atoms with E-state index in [9.17, 15) is 0 Å². The summed E-state index contributed by atoms with van der Waals surface area (Å²) in [5, 5.41) is 0.385. The SMILES string of the molecule is Clc1cc(-c2ccccc2)nc(-c2ncc(Br)cc2Br)n1. The molecule has 1 aromatic carbocycles. The maximum atomic E-state index is 6.13. The van der Waals surface area contributed by atoms with Crippen LogP contribution in [0.2, 0.25) is 5.15 Å². The first-order valence-corrected chi connectivity index (χ1v) is 8.01. The molecule has 0 fully saturated rings. The van der Waals surface area contributed by atoms with E-state index in [1.54, 1.807) is 12.3 Å². The molecule has 3 nitrogen and oxygen atoms in total. The fourth-order valence-electron chi connectivity index (χ4n) is 1.86. The van der Waals surface area contributed by atoms with Crippen LogP contribution in [-0.2, 0) is 0 Å². The Labute approximate surface area is 143 Å². The lowest BCUT2D eigenvalue weighted by Crippen LogP contribution is -1.96. The van der Waals surface area contributed by atoms with E-state index in [4.69, 9.17) is 11.6 Å². The highest BCUT2D eigenvalue weighted by atomic mass is 79.9. The predicted octanol–water partition coefficient (Wildman–Crippen LogP) is 5.38. The second-order valence-corrected chi connectivity index (χ2v) is 6.41. The van der Waals surface area contributed by atoms with Crippen molar-refractivity contribution in [3.05, 3.63) is 62.8 Å². The molecule has 0 saturated heterocycles. The molecule has 0 N–H and O–H groups in total. The Morgan fingerprint density at radius 1 is 0.952 bits per heavy atom. The molecule has 0 aliphatic carbocycles. The molecular formula is C15H8Br2ClN3. The minimum absolute atomic E-state index is 0.385. The van der Waals surface area contributed by atoms with Gasteiger partial charge in [0.05, 0.1) is 5.69 Å². The van der Waals surface area contributed by atoms with Gasteiger partial charge in [-0.05, 0) is 37.9 Å². The zero-order valence-electron chi connectivity index (χ0n) is 10.6. The number of hydrogen-bond donors (Lipinski definition) is 0. The van der Waals surface area contributed by atoms with Crippen LogP contribution in [0.5, 0.6) is 0 Å². The molecule has 104 valence electrons. The Bertz CT molecular complexity index is 794. The van der Waals surface area contributed by atoms with Gasteiger partial charge in [-0.2, -0.15) is 0 Å². The molecule has 0 unspecified atom stereocenters. The van der Waals surface area contributed by atoms with Crippen molar-refractivity contribution in [2.45, 2.75) is 0 Å². The van der Waals surface area contributed by atoms with Crippen LogP contribution in [-0.4, -0.2) is 15.0 Å². The third kappa shape index (κ3) is 3.31. The topological polar surface area (TPSA) is 38.7 Å². The fourth-order valence-corrected chi connectivity index (χ4v) is 3.21. The van der Waals surface area contributed by atoms with Crippen LogP contribution in [0.15, 0.2) is 57.6 Å². The predicted molar refractivity (Wildman–Crippen MR) is 91.1 cm³/mol. The third-order valence-corrected chi connectivity index (χ3v) is 4.02. The second kappa shape index (κ2) is 6.22. The Hall–Kier alpha value is -1.30. The molecule has 0 spiro atoms. The number of benzene rings is 1. The van der Waals surface area contributed by atoms with Gasteiger partial charge in [-0.1, -0.05) is 41.9 Å². The summed E-state index contributed by atoms with van der Waals surface area (Å²) in [6, 6.07) is 13.5. The van der Waals surface area contributed by atoms with Gasteiger partial charge >= 0.3 is 0 Å². The quantitative estimate of drug-likeness (QED) is 0.517. The van der Waals surface area contributed by atoms with Gasteiger partial charge in [0.1, 0.15) is 10.8 Å². The van der Waals surface area contributed by atoms with Crippen LogP contribution < -0.4 is 0 Å². The van der Waals surface area contributed by atoms with E-state index in [1.807, 2.05) is 36.4 Å². The van der Waals surface area contributed by atoms with Crippen LogP contribution in [0.25, 0.3) is 22.8 Å². The number of rotatable bonds is 2. The molecule has 0 atom stereocenters. The summed E-state index contributed by atoms with van der Waals surface area (Å²) >= 11 is 13.0. The van der Waals surface area contributed by atoms with Crippen molar-refractivity contribution < 1.29 is 0 Å². The molecule has 3 rings (SSSR count). The average Bonchev–Trinajstić information content (AvgIpc) is 2.47. The van der Waals surface area contributed by atoms with E-state index in [-0.39, 0.29) is 0 Å². The van der Waals surface area contributed by atoms with Crippen molar-refractivity contribution in [2.24, 2.45) is 0 Å². The lowest BCUT2D eigenvalue weighted by atomic mass is 10.1. The van der Waals surface area contributed by atoms with Gasteiger partial charge in [0.2, 0.25) is 0 Å². The summed E-state index contributed by atoms with van der Waals surface area (Å²) in [6.07, 6.45) is 1.70. The molecule has 21 heavy (non-hydrogen) atoms. The highest BCUT2D eigenvalue weighted by Gasteiger charge is 2.12. The molecule has 0 aliphatic heterocycles. The zero-order valence-corrected chi connectivity index (χ0v) is 14.5. The minimum atomic E-state index is 0.385. The monoisotopic (exact) mass is 423 g/mol. The highest BCUT2D eigenvalue weighted by Crippen LogP contribution is 2.29. The lowest BCUT2D eigenvalue weighted by molar-refractivity contribution is 1.13. The van der Waals surface area contributed by atoms with E-state index in [1.165, 1.54) is 0 Å². The maximum Gasteiger partial charge on any atom is 0.181 e. The van der Waals surface area contributed by atoms with Crippen molar-refractivity contribution >= 4 is 43.5 Å². The van der Waals surface area contributed by atoms with E-state index >= 15 is 0 Å². The van der Waals surface area contributed by atoms with Crippen molar-refractivity contribution in [3.63, 3.8) is 0 Å². The van der Waals surface area contributed by atoms with Gasteiger partial charge < -0.3 is 0 Å². The van der Waals surface area contributed by atoms with Crippen LogP contribution in [0.3, 0.4) is 0 Å². The largest absolute Gasteiger partial charge is 0.251 e. The Balaban J connectivity index is 2.14. The fraction of sp³-hybridized carbons (Fsp3) is 0. The second-order valence-electron chi connectivity index (χ2n) is 4.25.